The maximum atomic E-state index is 13.4. The number of hydrogen-bond donors (Lipinski definition) is 0. The number of halogens is 1. The molecule has 2 aromatic rings. The summed E-state index contributed by atoms with van der Waals surface area (Å²) in [6.07, 6.45) is 0. The Balaban J connectivity index is 2.56. The Morgan fingerprint density at radius 2 is 1.50 bits per heavy atom. The highest BCUT2D eigenvalue weighted by Gasteiger charge is 2.19. The summed E-state index contributed by atoms with van der Waals surface area (Å²) in [5, 5.41) is 0. The molecule has 2 aromatic carbocycles. The molecule has 0 fully saturated rings. The van der Waals surface area contributed by atoms with Crippen LogP contribution >= 0.6 is 0 Å². The summed E-state index contributed by atoms with van der Waals surface area (Å²) in [5.41, 5.74) is 1.48. The topological polar surface area (TPSA) is 35.5 Å². The van der Waals surface area contributed by atoms with Gasteiger partial charge in [-0.1, -0.05) is 11.6 Å². The largest absolute Gasteiger partial charge is 0.496 e. The standard InChI is InChI=1S/C16H15FO3/c1-10-4-6-14(19-2)12(8-10)16(18)13-9-11(17)5-7-15(13)20-3/h4-9H,1-3H3. The smallest absolute Gasteiger partial charge is 0.200 e. The number of aryl methyl sites for hydroxylation is 1. The summed E-state index contributed by atoms with van der Waals surface area (Å²) in [4.78, 5) is 12.6. The van der Waals surface area contributed by atoms with Gasteiger partial charge in [0.2, 0.25) is 5.78 Å². The molecule has 0 bridgehead atoms. The second kappa shape index (κ2) is 5.74. The van der Waals surface area contributed by atoms with E-state index in [1.165, 1.54) is 32.4 Å². The van der Waals surface area contributed by atoms with E-state index < -0.39 is 5.82 Å². The maximum absolute atomic E-state index is 13.4. The molecule has 4 heteroatoms. The van der Waals surface area contributed by atoms with Crippen LogP contribution in [0.5, 0.6) is 11.5 Å². The van der Waals surface area contributed by atoms with Crippen molar-refractivity contribution in [1.82, 2.24) is 0 Å². The highest BCUT2D eigenvalue weighted by molar-refractivity contribution is 6.12. The molecule has 0 amide bonds. The average Bonchev–Trinajstić information content (AvgIpc) is 2.46. The molecular weight excluding hydrogens is 259 g/mol. The monoisotopic (exact) mass is 274 g/mol. The van der Waals surface area contributed by atoms with Crippen molar-refractivity contribution in [2.45, 2.75) is 6.92 Å². The van der Waals surface area contributed by atoms with Crippen molar-refractivity contribution in [2.24, 2.45) is 0 Å². The van der Waals surface area contributed by atoms with E-state index in [1.807, 2.05) is 13.0 Å². The Morgan fingerprint density at radius 1 is 0.950 bits per heavy atom. The van der Waals surface area contributed by atoms with Crippen molar-refractivity contribution >= 4 is 5.78 Å². The summed E-state index contributed by atoms with van der Waals surface area (Å²) in [6.45, 7) is 1.87. The zero-order valence-corrected chi connectivity index (χ0v) is 11.6. The Kier molecular flexibility index (Phi) is 4.03. The Bertz CT molecular complexity index is 595. The lowest BCUT2D eigenvalue weighted by atomic mass is 9.99. The highest BCUT2D eigenvalue weighted by atomic mass is 19.1. The number of ketones is 1. The van der Waals surface area contributed by atoms with E-state index in [-0.39, 0.29) is 11.3 Å². The molecule has 0 spiro atoms. The zero-order valence-electron chi connectivity index (χ0n) is 11.6. The van der Waals surface area contributed by atoms with Crippen LogP contribution in [-0.4, -0.2) is 20.0 Å². The Morgan fingerprint density at radius 3 is 2.10 bits per heavy atom. The fourth-order valence-corrected chi connectivity index (χ4v) is 2.00. The van der Waals surface area contributed by atoms with Crippen LogP contribution in [-0.2, 0) is 0 Å². The molecule has 2 rings (SSSR count). The molecule has 0 saturated carbocycles. The third-order valence-electron chi connectivity index (χ3n) is 3.01. The molecule has 0 aromatic heterocycles. The lowest BCUT2D eigenvalue weighted by Crippen LogP contribution is -2.07. The molecule has 0 N–H and O–H groups in total. The maximum Gasteiger partial charge on any atom is 0.200 e. The van der Waals surface area contributed by atoms with Crippen molar-refractivity contribution in [1.29, 1.82) is 0 Å². The van der Waals surface area contributed by atoms with Crippen molar-refractivity contribution in [3.05, 3.63) is 58.9 Å². The molecule has 0 aliphatic rings. The molecule has 104 valence electrons. The fourth-order valence-electron chi connectivity index (χ4n) is 2.00. The van der Waals surface area contributed by atoms with Gasteiger partial charge in [-0.25, -0.2) is 4.39 Å². The van der Waals surface area contributed by atoms with E-state index in [9.17, 15) is 9.18 Å². The fraction of sp³-hybridized carbons (Fsp3) is 0.188. The zero-order chi connectivity index (χ0) is 14.7. The number of ether oxygens (including phenoxy) is 2. The quantitative estimate of drug-likeness (QED) is 0.802. The van der Waals surface area contributed by atoms with Gasteiger partial charge in [-0.15, -0.1) is 0 Å². The third-order valence-corrected chi connectivity index (χ3v) is 3.01. The molecule has 0 aliphatic heterocycles. The van der Waals surface area contributed by atoms with Crippen LogP contribution in [0.15, 0.2) is 36.4 Å². The first kappa shape index (κ1) is 14.1. The first-order chi connectivity index (χ1) is 9.56. The van der Waals surface area contributed by atoms with Gasteiger partial charge >= 0.3 is 0 Å². The van der Waals surface area contributed by atoms with Crippen molar-refractivity contribution in [3.8, 4) is 11.5 Å². The van der Waals surface area contributed by atoms with Crippen LogP contribution in [0.2, 0.25) is 0 Å². The van der Waals surface area contributed by atoms with Crippen molar-refractivity contribution in [3.63, 3.8) is 0 Å². The molecule has 0 radical (unpaired) electrons. The number of rotatable bonds is 4. The van der Waals surface area contributed by atoms with Gasteiger partial charge in [0.15, 0.2) is 0 Å². The molecule has 0 heterocycles. The van der Waals surface area contributed by atoms with E-state index in [0.29, 0.717) is 17.1 Å². The van der Waals surface area contributed by atoms with E-state index in [1.54, 1.807) is 12.1 Å². The summed E-state index contributed by atoms with van der Waals surface area (Å²) >= 11 is 0. The summed E-state index contributed by atoms with van der Waals surface area (Å²) in [7, 11) is 2.93. The van der Waals surface area contributed by atoms with Crippen molar-refractivity contribution in [2.75, 3.05) is 14.2 Å². The van der Waals surface area contributed by atoms with Crippen LogP contribution < -0.4 is 9.47 Å². The van der Waals surface area contributed by atoms with Gasteiger partial charge in [-0.05, 0) is 37.3 Å². The van der Waals surface area contributed by atoms with Gasteiger partial charge < -0.3 is 9.47 Å². The van der Waals surface area contributed by atoms with Gasteiger partial charge in [0.25, 0.3) is 0 Å². The number of carbonyl (C=O) groups is 1. The van der Waals surface area contributed by atoms with Gasteiger partial charge in [-0.3, -0.25) is 4.79 Å². The Labute approximate surface area is 117 Å². The summed E-state index contributed by atoms with van der Waals surface area (Å²) in [6, 6.07) is 9.13. The van der Waals surface area contributed by atoms with Crippen molar-refractivity contribution < 1.29 is 18.7 Å². The van der Waals surface area contributed by atoms with Crippen LogP contribution in [0.4, 0.5) is 4.39 Å². The SMILES string of the molecule is COc1ccc(C)cc1C(=O)c1cc(F)ccc1OC. The van der Waals surface area contributed by atoms with Crippen LogP contribution in [0.25, 0.3) is 0 Å². The molecule has 0 aliphatic carbocycles. The first-order valence-corrected chi connectivity index (χ1v) is 6.09. The minimum atomic E-state index is -0.485. The molecule has 3 nitrogen and oxygen atoms in total. The van der Waals surface area contributed by atoms with Gasteiger partial charge in [0, 0.05) is 0 Å². The second-order valence-electron chi connectivity index (χ2n) is 4.38. The third kappa shape index (κ3) is 2.64. The number of methoxy groups -OCH3 is 2. The number of benzene rings is 2. The summed E-state index contributed by atoms with van der Waals surface area (Å²) in [5.74, 6) is -0.0328. The average molecular weight is 274 g/mol. The first-order valence-electron chi connectivity index (χ1n) is 6.09. The lowest BCUT2D eigenvalue weighted by molar-refractivity contribution is 0.103. The van der Waals surface area contributed by atoms with E-state index in [0.717, 1.165) is 5.56 Å². The van der Waals surface area contributed by atoms with Gasteiger partial charge in [0.1, 0.15) is 17.3 Å². The highest BCUT2D eigenvalue weighted by Crippen LogP contribution is 2.27. The molecule has 0 atom stereocenters. The van der Waals surface area contributed by atoms with E-state index in [4.69, 9.17) is 9.47 Å². The number of carbonyl (C=O) groups excluding carboxylic acids is 1. The van der Waals surface area contributed by atoms with E-state index >= 15 is 0 Å². The van der Waals surface area contributed by atoms with Gasteiger partial charge in [0.05, 0.1) is 25.3 Å². The molecule has 0 unspecified atom stereocenters. The van der Waals surface area contributed by atoms with E-state index in [2.05, 4.69) is 0 Å². The molecular formula is C16H15FO3. The Hall–Kier alpha value is -2.36. The summed E-state index contributed by atoms with van der Waals surface area (Å²) < 4.78 is 23.7. The normalized spacial score (nSPS) is 10.2. The minimum Gasteiger partial charge on any atom is -0.496 e. The van der Waals surface area contributed by atoms with Crippen LogP contribution in [0.3, 0.4) is 0 Å². The predicted molar refractivity (Wildman–Crippen MR) is 74.1 cm³/mol. The second-order valence-corrected chi connectivity index (χ2v) is 4.38. The number of hydrogen-bond acceptors (Lipinski definition) is 3. The van der Waals surface area contributed by atoms with Crippen LogP contribution in [0, 0.1) is 12.7 Å². The lowest BCUT2D eigenvalue weighted by Gasteiger charge is -2.11. The minimum absolute atomic E-state index is 0.177. The van der Waals surface area contributed by atoms with Gasteiger partial charge in [-0.2, -0.15) is 0 Å². The predicted octanol–water partition coefficient (Wildman–Crippen LogP) is 3.38. The molecule has 0 saturated heterocycles. The van der Waals surface area contributed by atoms with Crippen LogP contribution in [0.1, 0.15) is 21.5 Å². The molecule has 20 heavy (non-hydrogen) atoms.